The number of hydrogen-bond acceptors (Lipinski definition) is 2. The molecule has 0 spiro atoms. The zero-order valence-corrected chi connectivity index (χ0v) is 19.5. The summed E-state index contributed by atoms with van der Waals surface area (Å²) in [4.78, 5) is 18.1. The Balaban J connectivity index is 1.41. The van der Waals surface area contributed by atoms with Crippen LogP contribution in [0.25, 0.3) is 0 Å². The van der Waals surface area contributed by atoms with Crippen molar-refractivity contribution in [3.63, 3.8) is 0 Å². The van der Waals surface area contributed by atoms with E-state index in [0.717, 1.165) is 43.9 Å². The molecule has 1 fully saturated rings. The van der Waals surface area contributed by atoms with Gasteiger partial charge in [-0.25, -0.2) is 0 Å². The lowest BCUT2D eigenvalue weighted by Crippen LogP contribution is -2.49. The molecule has 0 atom stereocenters. The van der Waals surface area contributed by atoms with Crippen LogP contribution in [-0.4, -0.2) is 41.9 Å². The number of benzene rings is 3. The Bertz CT molecular complexity index is 959. The predicted octanol–water partition coefficient (Wildman–Crippen LogP) is 5.46. The molecule has 0 unspecified atom stereocenters. The molecule has 3 heteroatoms. The van der Waals surface area contributed by atoms with Gasteiger partial charge in [-0.3, -0.25) is 9.69 Å². The first kappa shape index (κ1) is 22.3. The van der Waals surface area contributed by atoms with Gasteiger partial charge in [0.2, 0.25) is 5.91 Å². The van der Waals surface area contributed by atoms with Gasteiger partial charge in [0.1, 0.15) is 0 Å². The highest BCUT2D eigenvalue weighted by Gasteiger charge is 2.29. The van der Waals surface area contributed by atoms with Crippen molar-refractivity contribution in [2.75, 3.05) is 26.2 Å². The third-order valence-corrected chi connectivity index (χ3v) is 6.42. The molecule has 1 amide bonds. The molecule has 3 aromatic rings. The maximum Gasteiger partial charge on any atom is 0.234 e. The summed E-state index contributed by atoms with van der Waals surface area (Å²) in [5, 5.41) is 0. The smallest absolute Gasteiger partial charge is 0.234 e. The number of carbonyl (C=O) groups excluding carboxylic acids is 1. The van der Waals surface area contributed by atoms with Crippen LogP contribution in [0, 0.1) is 0 Å². The molecule has 3 nitrogen and oxygen atoms in total. The predicted molar refractivity (Wildman–Crippen MR) is 132 cm³/mol. The fourth-order valence-electron chi connectivity index (χ4n) is 4.45. The molecule has 1 saturated heterocycles. The summed E-state index contributed by atoms with van der Waals surface area (Å²) in [6.45, 7) is 11.0. The average molecular weight is 427 g/mol. The number of carbonyl (C=O) groups is 1. The minimum atomic E-state index is -0.242. The van der Waals surface area contributed by atoms with Crippen LogP contribution < -0.4 is 0 Å². The van der Waals surface area contributed by atoms with Crippen LogP contribution in [0.4, 0.5) is 0 Å². The summed E-state index contributed by atoms with van der Waals surface area (Å²) < 4.78 is 0. The Morgan fingerprint density at radius 3 is 1.72 bits per heavy atom. The standard InChI is InChI=1S/C29H34N2O/c1-29(2,3)26-16-14-23(15-17-26)22-30-18-20-31(21-19-30)28(32)27(24-10-6-4-7-11-24)25-12-8-5-9-13-25/h4-17,27H,18-22H2,1-3H3. The average Bonchev–Trinajstić information content (AvgIpc) is 2.81. The van der Waals surface area contributed by atoms with Gasteiger partial charge < -0.3 is 4.90 Å². The summed E-state index contributed by atoms with van der Waals surface area (Å²) in [6.07, 6.45) is 0. The molecular weight excluding hydrogens is 392 g/mol. The maximum absolute atomic E-state index is 13.6. The van der Waals surface area contributed by atoms with E-state index in [-0.39, 0.29) is 17.2 Å². The number of rotatable bonds is 5. The van der Waals surface area contributed by atoms with Crippen molar-refractivity contribution >= 4 is 5.91 Å². The van der Waals surface area contributed by atoms with E-state index in [1.54, 1.807) is 0 Å². The van der Waals surface area contributed by atoms with Gasteiger partial charge >= 0.3 is 0 Å². The number of piperazine rings is 1. The first-order valence-electron chi connectivity index (χ1n) is 11.6. The molecule has 4 rings (SSSR count). The normalized spacial score (nSPS) is 15.2. The quantitative estimate of drug-likeness (QED) is 0.541. The minimum Gasteiger partial charge on any atom is -0.339 e. The van der Waals surface area contributed by atoms with Gasteiger partial charge in [0.05, 0.1) is 5.92 Å². The molecule has 166 valence electrons. The van der Waals surface area contributed by atoms with Gasteiger partial charge in [0, 0.05) is 32.7 Å². The third kappa shape index (κ3) is 5.28. The fourth-order valence-corrected chi connectivity index (χ4v) is 4.45. The Morgan fingerprint density at radius 2 is 1.25 bits per heavy atom. The van der Waals surface area contributed by atoms with Crippen LogP contribution in [0.1, 0.15) is 48.9 Å². The van der Waals surface area contributed by atoms with E-state index in [1.807, 2.05) is 41.3 Å². The molecule has 0 aliphatic carbocycles. The molecular formula is C29H34N2O. The maximum atomic E-state index is 13.6. The third-order valence-electron chi connectivity index (χ3n) is 6.42. The van der Waals surface area contributed by atoms with Crippen molar-refractivity contribution in [1.29, 1.82) is 0 Å². The SMILES string of the molecule is CC(C)(C)c1ccc(CN2CCN(C(=O)C(c3ccccc3)c3ccccc3)CC2)cc1. The van der Waals surface area contributed by atoms with E-state index in [4.69, 9.17) is 0 Å². The molecule has 3 aromatic carbocycles. The van der Waals surface area contributed by atoms with Crippen LogP contribution in [0.2, 0.25) is 0 Å². The second kappa shape index (κ2) is 9.70. The second-order valence-corrected chi connectivity index (χ2v) is 9.80. The van der Waals surface area contributed by atoms with Crippen molar-refractivity contribution in [2.24, 2.45) is 0 Å². The molecule has 0 saturated carbocycles. The Hall–Kier alpha value is -2.91. The van der Waals surface area contributed by atoms with Gasteiger partial charge in [-0.05, 0) is 27.7 Å². The monoisotopic (exact) mass is 426 g/mol. The highest BCUT2D eigenvalue weighted by molar-refractivity contribution is 5.87. The second-order valence-electron chi connectivity index (χ2n) is 9.80. The van der Waals surface area contributed by atoms with E-state index in [1.165, 1.54) is 11.1 Å². The molecule has 1 heterocycles. The first-order chi connectivity index (χ1) is 15.4. The lowest BCUT2D eigenvalue weighted by molar-refractivity contribution is -0.133. The van der Waals surface area contributed by atoms with Gasteiger partial charge in [0.25, 0.3) is 0 Å². The molecule has 0 N–H and O–H groups in total. The molecule has 0 radical (unpaired) electrons. The van der Waals surface area contributed by atoms with E-state index >= 15 is 0 Å². The van der Waals surface area contributed by atoms with Gasteiger partial charge in [0.15, 0.2) is 0 Å². The number of amides is 1. The summed E-state index contributed by atoms with van der Waals surface area (Å²) in [5.74, 6) is -0.0366. The van der Waals surface area contributed by atoms with Crippen LogP contribution in [-0.2, 0) is 16.8 Å². The van der Waals surface area contributed by atoms with Crippen molar-refractivity contribution in [1.82, 2.24) is 9.80 Å². The Kier molecular flexibility index (Phi) is 6.76. The first-order valence-corrected chi connectivity index (χ1v) is 11.6. The Labute approximate surface area is 192 Å². The molecule has 0 aromatic heterocycles. The largest absolute Gasteiger partial charge is 0.339 e. The highest BCUT2D eigenvalue weighted by Crippen LogP contribution is 2.28. The molecule has 0 bridgehead atoms. The number of hydrogen-bond donors (Lipinski definition) is 0. The molecule has 1 aliphatic rings. The lowest BCUT2D eigenvalue weighted by atomic mass is 9.87. The summed E-state index contributed by atoms with van der Waals surface area (Å²) in [5.41, 5.74) is 5.00. The van der Waals surface area contributed by atoms with Crippen LogP contribution in [0.15, 0.2) is 84.9 Å². The minimum absolute atomic E-state index is 0.179. The molecule has 32 heavy (non-hydrogen) atoms. The molecule has 1 aliphatic heterocycles. The Morgan fingerprint density at radius 1 is 0.750 bits per heavy atom. The van der Waals surface area contributed by atoms with Crippen molar-refractivity contribution in [2.45, 2.75) is 38.6 Å². The zero-order valence-electron chi connectivity index (χ0n) is 19.5. The van der Waals surface area contributed by atoms with Gasteiger partial charge in [-0.1, -0.05) is 106 Å². The van der Waals surface area contributed by atoms with Crippen LogP contribution in [0.3, 0.4) is 0 Å². The van der Waals surface area contributed by atoms with E-state index in [2.05, 4.69) is 74.2 Å². The summed E-state index contributed by atoms with van der Waals surface area (Å²) >= 11 is 0. The van der Waals surface area contributed by atoms with Crippen molar-refractivity contribution in [3.8, 4) is 0 Å². The highest BCUT2D eigenvalue weighted by atomic mass is 16.2. The van der Waals surface area contributed by atoms with E-state index in [9.17, 15) is 4.79 Å². The zero-order chi connectivity index (χ0) is 22.6. The van der Waals surface area contributed by atoms with Gasteiger partial charge in [-0.15, -0.1) is 0 Å². The van der Waals surface area contributed by atoms with Crippen LogP contribution >= 0.6 is 0 Å². The van der Waals surface area contributed by atoms with Crippen molar-refractivity contribution < 1.29 is 4.79 Å². The fraction of sp³-hybridized carbons (Fsp3) is 0.345. The topological polar surface area (TPSA) is 23.6 Å². The lowest BCUT2D eigenvalue weighted by Gasteiger charge is -2.36. The van der Waals surface area contributed by atoms with Crippen molar-refractivity contribution in [3.05, 3.63) is 107 Å². The number of nitrogens with zero attached hydrogens (tertiary/aromatic N) is 2. The van der Waals surface area contributed by atoms with Crippen LogP contribution in [0.5, 0.6) is 0 Å². The van der Waals surface area contributed by atoms with E-state index < -0.39 is 0 Å². The van der Waals surface area contributed by atoms with Gasteiger partial charge in [-0.2, -0.15) is 0 Å². The van der Waals surface area contributed by atoms with E-state index in [0.29, 0.717) is 0 Å². The summed E-state index contributed by atoms with van der Waals surface area (Å²) in [7, 11) is 0. The summed E-state index contributed by atoms with van der Waals surface area (Å²) in [6, 6.07) is 29.3.